The number of nitrogens with zero attached hydrogens (tertiary/aromatic N) is 4. The summed E-state index contributed by atoms with van der Waals surface area (Å²) in [6, 6.07) is 13.1. The number of nitrogens with one attached hydrogen (secondary N) is 3. The van der Waals surface area contributed by atoms with Crippen molar-refractivity contribution < 1.29 is 23.1 Å². The molecule has 39 heavy (non-hydrogen) atoms. The van der Waals surface area contributed by atoms with Gasteiger partial charge in [0.25, 0.3) is 12.4 Å². The van der Waals surface area contributed by atoms with Crippen molar-refractivity contribution in [1.29, 1.82) is 0 Å². The van der Waals surface area contributed by atoms with Crippen molar-refractivity contribution in [3.8, 4) is 11.1 Å². The topological polar surface area (TPSA) is 174 Å². The van der Waals surface area contributed by atoms with E-state index in [-0.39, 0.29) is 29.6 Å². The van der Waals surface area contributed by atoms with Crippen molar-refractivity contribution in [2.75, 3.05) is 29.9 Å². The van der Waals surface area contributed by atoms with Crippen molar-refractivity contribution in [2.24, 2.45) is 0 Å². The van der Waals surface area contributed by atoms with Crippen LogP contribution in [0, 0.1) is 0 Å². The number of carboxylic acid groups (broad SMARTS) is 1. The molecule has 1 saturated heterocycles. The fourth-order valence-electron chi connectivity index (χ4n) is 4.54. The van der Waals surface area contributed by atoms with Crippen LogP contribution < -0.4 is 5.32 Å². The van der Waals surface area contributed by atoms with E-state index in [0.29, 0.717) is 25.3 Å². The molecule has 0 spiro atoms. The Bertz CT molecular complexity index is 1750. The molecule has 4 N–H and O–H groups in total. The minimum absolute atomic E-state index is 0.150. The molecule has 5 heterocycles. The molecule has 1 aromatic carbocycles. The summed E-state index contributed by atoms with van der Waals surface area (Å²) in [6.45, 7) is 1.18. The molecule has 4 aromatic heterocycles. The number of carbonyl (C=O) groups excluding carboxylic acids is 1. The first kappa shape index (κ1) is 26.0. The predicted octanol–water partition coefficient (Wildman–Crippen LogP) is 2.68. The van der Waals surface area contributed by atoms with Gasteiger partial charge in [0.05, 0.1) is 34.6 Å². The standard InChI is InChI=1S/C25H23N7O3S.CH2O2/c33-25(21-3-1-2-17(29-21)15-32-8-10-36(34,35)11-9-32)30-22-12-16(13-23-20(22)14-28-31-23)18-4-6-26-24-19(18)5-7-27-24;2-1-3/h1-7,12-14H,8-11,15H2,(H,26,27)(H,28,31)(H,30,33);1H,(H,2,3). The van der Waals surface area contributed by atoms with Gasteiger partial charge in [-0.05, 0) is 47.5 Å². The Balaban J connectivity index is 0.000000983. The lowest BCUT2D eigenvalue weighted by Crippen LogP contribution is -2.39. The van der Waals surface area contributed by atoms with E-state index in [1.165, 1.54) is 0 Å². The highest BCUT2D eigenvalue weighted by Gasteiger charge is 2.22. The van der Waals surface area contributed by atoms with Gasteiger partial charge in [0.2, 0.25) is 0 Å². The number of hydrogen-bond donors (Lipinski definition) is 4. The lowest BCUT2D eigenvalue weighted by Gasteiger charge is -2.26. The fraction of sp³-hybridized carbons (Fsp3) is 0.192. The van der Waals surface area contributed by atoms with Gasteiger partial charge in [-0.2, -0.15) is 5.10 Å². The van der Waals surface area contributed by atoms with Crippen LogP contribution in [0.4, 0.5) is 5.69 Å². The summed E-state index contributed by atoms with van der Waals surface area (Å²) < 4.78 is 23.4. The molecule has 5 aromatic rings. The van der Waals surface area contributed by atoms with Crippen molar-refractivity contribution >= 4 is 49.8 Å². The molecule has 0 bridgehead atoms. The van der Waals surface area contributed by atoms with E-state index in [1.54, 1.807) is 24.5 Å². The van der Waals surface area contributed by atoms with Crippen LogP contribution in [0.1, 0.15) is 16.2 Å². The number of aromatic nitrogens is 5. The number of rotatable bonds is 5. The second kappa shape index (κ2) is 11.0. The van der Waals surface area contributed by atoms with Gasteiger partial charge in [-0.3, -0.25) is 19.6 Å². The lowest BCUT2D eigenvalue weighted by molar-refractivity contribution is -0.122. The molecule has 0 saturated carbocycles. The summed E-state index contributed by atoms with van der Waals surface area (Å²) in [4.78, 5) is 35.6. The van der Waals surface area contributed by atoms with Crippen molar-refractivity contribution in [1.82, 2.24) is 30.0 Å². The van der Waals surface area contributed by atoms with E-state index in [9.17, 15) is 13.2 Å². The minimum Gasteiger partial charge on any atom is -0.483 e. The zero-order valence-electron chi connectivity index (χ0n) is 20.7. The SMILES string of the molecule is O=C(Nc1cc(-c2ccnc3[nH]ccc23)cc2[nH]ncc12)c1cccc(CN2CCS(=O)(=O)CC2)n1.O=CO. The molecule has 200 valence electrons. The summed E-state index contributed by atoms with van der Waals surface area (Å²) in [5.41, 5.74) is 5.11. The molecule has 1 aliphatic heterocycles. The molecule has 1 amide bonds. The number of H-pyrrole nitrogens is 2. The fourth-order valence-corrected chi connectivity index (χ4v) is 5.82. The lowest BCUT2D eigenvalue weighted by atomic mass is 10.0. The van der Waals surface area contributed by atoms with Gasteiger partial charge in [0.1, 0.15) is 11.3 Å². The van der Waals surface area contributed by atoms with E-state index in [1.807, 2.05) is 41.4 Å². The molecular formula is C26H25N7O5S. The van der Waals surface area contributed by atoms with Crippen LogP contribution in [-0.4, -0.2) is 80.5 Å². The molecule has 12 nitrogen and oxygen atoms in total. The highest BCUT2D eigenvalue weighted by Crippen LogP contribution is 2.33. The first-order valence-electron chi connectivity index (χ1n) is 12.0. The third-order valence-corrected chi connectivity index (χ3v) is 8.05. The predicted molar refractivity (Wildman–Crippen MR) is 146 cm³/mol. The largest absolute Gasteiger partial charge is 0.483 e. The third kappa shape index (κ3) is 5.78. The van der Waals surface area contributed by atoms with Gasteiger partial charge < -0.3 is 15.4 Å². The van der Waals surface area contributed by atoms with Crippen LogP contribution in [0.15, 0.2) is 61.1 Å². The Hall–Kier alpha value is -4.62. The quantitative estimate of drug-likeness (QED) is 0.241. The zero-order valence-corrected chi connectivity index (χ0v) is 21.5. The van der Waals surface area contributed by atoms with Crippen LogP contribution in [-0.2, 0) is 21.2 Å². The summed E-state index contributed by atoms with van der Waals surface area (Å²) in [7, 11) is -2.95. The Morgan fingerprint density at radius 3 is 2.72 bits per heavy atom. The maximum absolute atomic E-state index is 13.2. The second-order valence-electron chi connectivity index (χ2n) is 8.96. The molecule has 13 heteroatoms. The number of anilines is 1. The highest BCUT2D eigenvalue weighted by molar-refractivity contribution is 7.91. The Labute approximate surface area is 223 Å². The normalized spacial score (nSPS) is 15.0. The number of amides is 1. The van der Waals surface area contributed by atoms with Gasteiger partial charge in [0, 0.05) is 42.8 Å². The Morgan fingerprint density at radius 2 is 1.92 bits per heavy atom. The van der Waals surface area contributed by atoms with E-state index in [4.69, 9.17) is 9.90 Å². The van der Waals surface area contributed by atoms with E-state index >= 15 is 0 Å². The molecular weight excluding hydrogens is 522 g/mol. The molecule has 1 fully saturated rings. The van der Waals surface area contributed by atoms with Crippen molar-refractivity contribution in [2.45, 2.75) is 6.54 Å². The van der Waals surface area contributed by atoms with Gasteiger partial charge in [-0.1, -0.05) is 6.07 Å². The number of aromatic amines is 2. The Morgan fingerprint density at radius 1 is 1.13 bits per heavy atom. The average molecular weight is 548 g/mol. The summed E-state index contributed by atoms with van der Waals surface area (Å²) in [5, 5.41) is 18.8. The van der Waals surface area contributed by atoms with E-state index in [0.717, 1.165) is 38.8 Å². The van der Waals surface area contributed by atoms with Crippen LogP contribution in [0.25, 0.3) is 33.1 Å². The first-order chi connectivity index (χ1) is 18.9. The number of carbonyl (C=O) groups is 2. The summed E-state index contributed by atoms with van der Waals surface area (Å²) in [5.74, 6) is -0.0349. The summed E-state index contributed by atoms with van der Waals surface area (Å²) in [6.07, 6.45) is 5.28. The average Bonchev–Trinajstić information content (AvgIpc) is 3.60. The maximum atomic E-state index is 13.2. The molecule has 6 rings (SSSR count). The molecule has 0 radical (unpaired) electrons. The highest BCUT2D eigenvalue weighted by atomic mass is 32.2. The number of hydrogen-bond acceptors (Lipinski definition) is 8. The number of pyridine rings is 2. The number of fused-ring (bicyclic) bond motifs is 2. The van der Waals surface area contributed by atoms with Crippen LogP contribution in [0.3, 0.4) is 0 Å². The van der Waals surface area contributed by atoms with Crippen molar-refractivity contribution in [3.63, 3.8) is 0 Å². The maximum Gasteiger partial charge on any atom is 0.290 e. The van der Waals surface area contributed by atoms with Gasteiger partial charge in [-0.25, -0.2) is 18.4 Å². The molecule has 0 atom stereocenters. The molecule has 0 aliphatic carbocycles. The van der Waals surface area contributed by atoms with Crippen LogP contribution in [0.2, 0.25) is 0 Å². The van der Waals surface area contributed by atoms with Crippen LogP contribution in [0.5, 0.6) is 0 Å². The van der Waals surface area contributed by atoms with Gasteiger partial charge >= 0.3 is 0 Å². The van der Waals surface area contributed by atoms with E-state index < -0.39 is 9.84 Å². The molecule has 1 aliphatic rings. The monoisotopic (exact) mass is 547 g/mol. The van der Waals surface area contributed by atoms with Crippen LogP contribution >= 0.6 is 0 Å². The van der Waals surface area contributed by atoms with Crippen molar-refractivity contribution in [3.05, 3.63) is 72.4 Å². The Kier molecular flexibility index (Phi) is 7.34. The first-order valence-corrected chi connectivity index (χ1v) is 13.9. The van der Waals surface area contributed by atoms with E-state index in [2.05, 4.69) is 30.5 Å². The number of sulfone groups is 1. The summed E-state index contributed by atoms with van der Waals surface area (Å²) >= 11 is 0. The van der Waals surface area contributed by atoms with Gasteiger partial charge in [-0.15, -0.1) is 0 Å². The van der Waals surface area contributed by atoms with Gasteiger partial charge in [0.15, 0.2) is 9.84 Å². The molecule has 0 unspecified atom stereocenters. The smallest absolute Gasteiger partial charge is 0.290 e. The zero-order chi connectivity index (χ0) is 27.4. The third-order valence-electron chi connectivity index (χ3n) is 6.44. The number of benzene rings is 1. The second-order valence-corrected chi connectivity index (χ2v) is 11.3. The minimum atomic E-state index is -2.95.